The Labute approximate surface area is 109 Å². The van der Waals surface area contributed by atoms with Crippen molar-refractivity contribution in [2.45, 2.75) is 52.6 Å². The van der Waals surface area contributed by atoms with Gasteiger partial charge in [-0.1, -0.05) is 19.1 Å². The molecule has 1 unspecified atom stereocenters. The summed E-state index contributed by atoms with van der Waals surface area (Å²) in [6.45, 7) is 9.93. The predicted molar refractivity (Wildman–Crippen MR) is 72.2 cm³/mol. The number of hydrogen-bond donors (Lipinski definition) is 1. The molecule has 0 fully saturated rings. The van der Waals surface area contributed by atoms with Gasteiger partial charge in [-0.3, -0.25) is 4.79 Å². The summed E-state index contributed by atoms with van der Waals surface area (Å²) < 4.78 is 5.83. The quantitative estimate of drug-likeness (QED) is 0.885. The van der Waals surface area contributed by atoms with Crippen molar-refractivity contribution in [3.8, 4) is 5.75 Å². The number of hydrogen-bond acceptors (Lipinski definition) is 2. The number of carboxylic acids is 1. The molecular formula is C15H22O3. The second kappa shape index (κ2) is 5.42. The van der Waals surface area contributed by atoms with Crippen molar-refractivity contribution >= 4 is 5.97 Å². The van der Waals surface area contributed by atoms with E-state index in [2.05, 4.69) is 0 Å². The van der Waals surface area contributed by atoms with Gasteiger partial charge < -0.3 is 9.84 Å². The second-order valence-corrected chi connectivity index (χ2v) is 5.74. The first-order chi connectivity index (χ1) is 8.19. The summed E-state index contributed by atoms with van der Waals surface area (Å²) in [5.41, 5.74) is 1.86. The molecule has 1 rings (SSSR count). The number of carboxylic acid groups (broad SMARTS) is 1. The van der Waals surface area contributed by atoms with Crippen molar-refractivity contribution in [1.82, 2.24) is 0 Å². The van der Waals surface area contributed by atoms with E-state index in [1.807, 2.05) is 52.8 Å². The number of benzene rings is 1. The minimum absolute atomic E-state index is 0.0184. The smallest absolute Gasteiger partial charge is 0.303 e. The van der Waals surface area contributed by atoms with E-state index in [1.54, 1.807) is 0 Å². The maximum atomic E-state index is 10.7. The molecular weight excluding hydrogens is 228 g/mol. The molecule has 0 aromatic heterocycles. The summed E-state index contributed by atoms with van der Waals surface area (Å²) in [5.74, 6) is 0.105. The van der Waals surface area contributed by atoms with Gasteiger partial charge >= 0.3 is 5.97 Å². The van der Waals surface area contributed by atoms with Gasteiger partial charge in [0, 0.05) is 0 Å². The van der Waals surface area contributed by atoms with Crippen LogP contribution in [0.4, 0.5) is 0 Å². The highest BCUT2D eigenvalue weighted by Gasteiger charge is 2.15. The molecule has 0 saturated heterocycles. The lowest BCUT2D eigenvalue weighted by Crippen LogP contribution is -2.23. The zero-order valence-electron chi connectivity index (χ0n) is 11.8. The van der Waals surface area contributed by atoms with Crippen LogP contribution in [0.15, 0.2) is 18.2 Å². The normalized spacial score (nSPS) is 13.2. The van der Waals surface area contributed by atoms with Crippen molar-refractivity contribution in [3.63, 3.8) is 0 Å². The van der Waals surface area contributed by atoms with Gasteiger partial charge in [-0.2, -0.15) is 0 Å². The molecule has 0 aliphatic rings. The standard InChI is InChI=1S/C15H22O3/c1-10(9-14(16)17)12-6-7-13(11(2)8-12)18-15(3,4)5/h6-8,10H,9H2,1-5H3,(H,16,17). The maximum Gasteiger partial charge on any atom is 0.303 e. The molecule has 0 saturated carbocycles. The molecule has 1 aromatic rings. The molecule has 18 heavy (non-hydrogen) atoms. The van der Waals surface area contributed by atoms with Crippen molar-refractivity contribution in [2.75, 3.05) is 0 Å². The largest absolute Gasteiger partial charge is 0.488 e. The van der Waals surface area contributed by atoms with Crippen LogP contribution in [0, 0.1) is 6.92 Å². The van der Waals surface area contributed by atoms with Gasteiger partial charge in [0.15, 0.2) is 0 Å². The number of ether oxygens (including phenoxy) is 1. The Kier molecular flexibility index (Phi) is 4.38. The highest BCUT2D eigenvalue weighted by atomic mass is 16.5. The molecule has 0 heterocycles. The third kappa shape index (κ3) is 4.40. The summed E-state index contributed by atoms with van der Waals surface area (Å²) in [5, 5.41) is 8.80. The molecule has 1 aromatic carbocycles. The number of rotatable bonds is 4. The highest BCUT2D eigenvalue weighted by Crippen LogP contribution is 2.27. The first-order valence-electron chi connectivity index (χ1n) is 6.20. The monoisotopic (exact) mass is 250 g/mol. The van der Waals surface area contributed by atoms with Crippen molar-refractivity contribution in [3.05, 3.63) is 29.3 Å². The first-order valence-corrected chi connectivity index (χ1v) is 6.20. The van der Waals surface area contributed by atoms with Crippen LogP contribution in [-0.2, 0) is 4.79 Å². The summed E-state index contributed by atoms with van der Waals surface area (Å²) in [7, 11) is 0. The van der Waals surface area contributed by atoms with Gasteiger partial charge in [0.25, 0.3) is 0 Å². The molecule has 0 aliphatic carbocycles. The van der Waals surface area contributed by atoms with E-state index in [1.165, 1.54) is 0 Å². The van der Waals surface area contributed by atoms with E-state index in [0.29, 0.717) is 0 Å². The van der Waals surface area contributed by atoms with Crippen LogP contribution in [0.25, 0.3) is 0 Å². The fraction of sp³-hybridized carbons (Fsp3) is 0.533. The molecule has 0 bridgehead atoms. The minimum Gasteiger partial charge on any atom is -0.488 e. The van der Waals surface area contributed by atoms with Gasteiger partial charge in [-0.15, -0.1) is 0 Å². The Hall–Kier alpha value is -1.51. The molecule has 3 heteroatoms. The van der Waals surface area contributed by atoms with Gasteiger partial charge in [0.2, 0.25) is 0 Å². The van der Waals surface area contributed by atoms with E-state index in [0.717, 1.165) is 16.9 Å². The van der Waals surface area contributed by atoms with Crippen LogP contribution in [-0.4, -0.2) is 16.7 Å². The Morgan fingerprint density at radius 2 is 2.00 bits per heavy atom. The molecule has 1 atom stereocenters. The van der Waals surface area contributed by atoms with E-state index >= 15 is 0 Å². The van der Waals surface area contributed by atoms with Gasteiger partial charge in [-0.25, -0.2) is 0 Å². The average molecular weight is 250 g/mol. The highest BCUT2D eigenvalue weighted by molar-refractivity contribution is 5.68. The lowest BCUT2D eigenvalue weighted by Gasteiger charge is -2.23. The van der Waals surface area contributed by atoms with Crippen LogP contribution < -0.4 is 4.74 Å². The molecule has 0 amide bonds. The van der Waals surface area contributed by atoms with Crippen molar-refractivity contribution in [2.24, 2.45) is 0 Å². The molecule has 3 nitrogen and oxygen atoms in total. The van der Waals surface area contributed by atoms with Crippen LogP contribution in [0.2, 0.25) is 0 Å². The summed E-state index contributed by atoms with van der Waals surface area (Å²) in [4.78, 5) is 10.7. The van der Waals surface area contributed by atoms with Crippen LogP contribution in [0.3, 0.4) is 0 Å². The predicted octanol–water partition coefficient (Wildman–Crippen LogP) is 3.75. The van der Waals surface area contributed by atoms with Gasteiger partial charge in [0.1, 0.15) is 11.4 Å². The van der Waals surface area contributed by atoms with Crippen LogP contribution in [0.5, 0.6) is 5.75 Å². The average Bonchev–Trinajstić information content (AvgIpc) is 2.18. The van der Waals surface area contributed by atoms with Crippen LogP contribution in [0.1, 0.15) is 51.2 Å². The third-order valence-electron chi connectivity index (χ3n) is 2.66. The number of aryl methyl sites for hydroxylation is 1. The van der Waals surface area contributed by atoms with E-state index in [-0.39, 0.29) is 17.9 Å². The van der Waals surface area contributed by atoms with Gasteiger partial charge in [-0.05, 0) is 50.8 Å². The zero-order chi connectivity index (χ0) is 13.9. The summed E-state index contributed by atoms with van der Waals surface area (Å²) in [6, 6.07) is 5.88. The molecule has 0 spiro atoms. The fourth-order valence-electron chi connectivity index (χ4n) is 1.80. The molecule has 100 valence electrons. The second-order valence-electron chi connectivity index (χ2n) is 5.74. The number of aliphatic carboxylic acids is 1. The van der Waals surface area contributed by atoms with E-state index in [4.69, 9.17) is 9.84 Å². The Bertz CT molecular complexity index is 430. The lowest BCUT2D eigenvalue weighted by atomic mass is 9.96. The van der Waals surface area contributed by atoms with Crippen LogP contribution >= 0.6 is 0 Å². The van der Waals surface area contributed by atoms with E-state index < -0.39 is 5.97 Å². The molecule has 0 aliphatic heterocycles. The Morgan fingerprint density at radius 1 is 1.39 bits per heavy atom. The Balaban J connectivity index is 2.88. The Morgan fingerprint density at radius 3 is 2.44 bits per heavy atom. The lowest BCUT2D eigenvalue weighted by molar-refractivity contribution is -0.137. The van der Waals surface area contributed by atoms with Crippen molar-refractivity contribution < 1.29 is 14.6 Å². The minimum atomic E-state index is -0.768. The third-order valence-corrected chi connectivity index (χ3v) is 2.66. The summed E-state index contributed by atoms with van der Waals surface area (Å²) >= 11 is 0. The van der Waals surface area contributed by atoms with Crippen molar-refractivity contribution in [1.29, 1.82) is 0 Å². The maximum absolute atomic E-state index is 10.7. The van der Waals surface area contributed by atoms with E-state index in [9.17, 15) is 4.79 Å². The summed E-state index contributed by atoms with van der Waals surface area (Å²) in [6.07, 6.45) is 0.152. The SMILES string of the molecule is Cc1cc(C(C)CC(=O)O)ccc1OC(C)(C)C. The zero-order valence-corrected chi connectivity index (χ0v) is 11.8. The fourth-order valence-corrected chi connectivity index (χ4v) is 1.80. The number of carbonyl (C=O) groups is 1. The topological polar surface area (TPSA) is 46.5 Å². The van der Waals surface area contributed by atoms with Gasteiger partial charge in [0.05, 0.1) is 6.42 Å². The molecule has 1 N–H and O–H groups in total. The molecule has 0 radical (unpaired) electrons. The first kappa shape index (κ1) is 14.6.